The lowest BCUT2D eigenvalue weighted by molar-refractivity contribution is -0.147. The summed E-state index contributed by atoms with van der Waals surface area (Å²) in [5.74, 6) is -1.72. The van der Waals surface area contributed by atoms with Gasteiger partial charge in [0.1, 0.15) is 0 Å². The van der Waals surface area contributed by atoms with Gasteiger partial charge in [0.05, 0.1) is 6.61 Å². The highest BCUT2D eigenvalue weighted by atomic mass is 16.7. The first-order chi connectivity index (χ1) is 12.5. The first-order valence-corrected chi connectivity index (χ1v) is 8.68. The Bertz CT molecular complexity index is 930. The van der Waals surface area contributed by atoms with Crippen LogP contribution in [0, 0.1) is 0 Å². The third-order valence-electron chi connectivity index (χ3n) is 5.15. The van der Waals surface area contributed by atoms with E-state index in [9.17, 15) is 14.4 Å². The van der Waals surface area contributed by atoms with Crippen molar-refractivity contribution in [3.05, 3.63) is 70.8 Å². The van der Waals surface area contributed by atoms with Crippen molar-refractivity contribution in [2.75, 3.05) is 6.61 Å². The Morgan fingerprint density at radius 2 is 1.58 bits per heavy atom. The van der Waals surface area contributed by atoms with Crippen LogP contribution < -0.4 is 0 Å². The predicted molar refractivity (Wildman–Crippen MR) is 93.1 cm³/mol. The fraction of sp³-hybridized carbons (Fsp3) is 0.286. The van der Waals surface area contributed by atoms with Crippen molar-refractivity contribution < 1.29 is 23.9 Å². The molecule has 0 spiro atoms. The van der Waals surface area contributed by atoms with Crippen molar-refractivity contribution in [1.82, 2.24) is 0 Å². The Kier molecular flexibility index (Phi) is 3.59. The van der Waals surface area contributed by atoms with Gasteiger partial charge in [-0.25, -0.2) is 4.79 Å². The van der Waals surface area contributed by atoms with Gasteiger partial charge in [0.15, 0.2) is 0 Å². The maximum Gasteiger partial charge on any atom is 0.350 e. The molecule has 2 atom stereocenters. The molecule has 1 fully saturated rings. The first-order valence-electron chi connectivity index (χ1n) is 8.68. The second kappa shape index (κ2) is 5.61. The molecule has 0 saturated carbocycles. The highest BCUT2D eigenvalue weighted by molar-refractivity contribution is 6.32. The van der Waals surface area contributed by atoms with Crippen LogP contribution in [-0.4, -0.2) is 29.7 Å². The molecule has 5 heteroatoms. The molecule has 1 saturated heterocycles. The molecular weight excluding hydrogens is 332 g/mol. The zero-order chi connectivity index (χ0) is 18.5. The largest absolute Gasteiger partial charge is 0.463 e. The molecule has 132 valence electrons. The maximum absolute atomic E-state index is 13.3. The summed E-state index contributed by atoms with van der Waals surface area (Å²) in [5.41, 5.74) is -1.52. The molecule has 4 rings (SSSR count). The van der Waals surface area contributed by atoms with Crippen LogP contribution in [0.15, 0.2) is 48.5 Å². The number of aryl methyl sites for hydroxylation is 1. The molecule has 0 radical (unpaired) electrons. The van der Waals surface area contributed by atoms with E-state index in [0.717, 1.165) is 12.0 Å². The number of ketones is 2. The van der Waals surface area contributed by atoms with Crippen molar-refractivity contribution >= 4 is 17.5 Å². The maximum atomic E-state index is 13.3. The summed E-state index contributed by atoms with van der Waals surface area (Å²) in [4.78, 5) is 39.2. The molecular formula is C21H18O5. The van der Waals surface area contributed by atoms with Crippen molar-refractivity contribution in [2.24, 2.45) is 0 Å². The van der Waals surface area contributed by atoms with E-state index in [-0.39, 0.29) is 23.5 Å². The summed E-state index contributed by atoms with van der Waals surface area (Å²) < 4.78 is 10.9. The number of Topliss-reactive ketones (excluding diaryl/α,β-unsaturated/α-hetero) is 2. The standard InChI is InChI=1S/C21H18O5/c1-3-13-9-11-14(12-10-13)20-17(22)15-7-5-6-8-16(15)18(23)21(20,26-20)19(24)25-4-2/h5-12H,3-4H2,1-2H3/t20-,21-/m0/s1. The van der Waals surface area contributed by atoms with E-state index in [1.165, 1.54) is 0 Å². The summed E-state index contributed by atoms with van der Waals surface area (Å²) >= 11 is 0. The monoisotopic (exact) mass is 350 g/mol. The lowest BCUT2D eigenvalue weighted by Gasteiger charge is -2.24. The van der Waals surface area contributed by atoms with Crippen molar-refractivity contribution in [2.45, 2.75) is 31.5 Å². The van der Waals surface area contributed by atoms with Crippen LogP contribution in [0.25, 0.3) is 0 Å². The van der Waals surface area contributed by atoms with E-state index in [1.807, 2.05) is 19.1 Å². The Morgan fingerprint density at radius 1 is 0.962 bits per heavy atom. The van der Waals surface area contributed by atoms with E-state index in [1.54, 1.807) is 43.3 Å². The Hall–Kier alpha value is -2.79. The van der Waals surface area contributed by atoms with Crippen LogP contribution in [0.2, 0.25) is 0 Å². The van der Waals surface area contributed by atoms with Gasteiger partial charge in [0.25, 0.3) is 5.60 Å². The predicted octanol–water partition coefficient (Wildman–Crippen LogP) is 2.86. The van der Waals surface area contributed by atoms with E-state index < -0.39 is 23.0 Å². The number of hydrogen-bond acceptors (Lipinski definition) is 5. The fourth-order valence-electron chi connectivity index (χ4n) is 3.75. The van der Waals surface area contributed by atoms with Crippen LogP contribution in [0.4, 0.5) is 0 Å². The van der Waals surface area contributed by atoms with E-state index in [2.05, 4.69) is 0 Å². The molecule has 2 aromatic rings. The quantitative estimate of drug-likeness (QED) is 0.482. The number of fused-ring (bicyclic) bond motifs is 2. The molecule has 0 aromatic heterocycles. The normalized spacial score (nSPS) is 26.1. The van der Waals surface area contributed by atoms with E-state index in [0.29, 0.717) is 5.56 Å². The minimum atomic E-state index is -1.93. The third kappa shape index (κ3) is 1.86. The summed E-state index contributed by atoms with van der Waals surface area (Å²) in [6.45, 7) is 3.77. The van der Waals surface area contributed by atoms with Gasteiger partial charge in [-0.3, -0.25) is 9.59 Å². The third-order valence-corrected chi connectivity index (χ3v) is 5.15. The van der Waals surface area contributed by atoms with Crippen LogP contribution in [0.3, 0.4) is 0 Å². The smallest absolute Gasteiger partial charge is 0.350 e. The number of rotatable bonds is 4. The van der Waals surface area contributed by atoms with Gasteiger partial charge in [-0.1, -0.05) is 55.5 Å². The lowest BCUT2D eigenvalue weighted by atomic mass is 9.71. The van der Waals surface area contributed by atoms with Crippen LogP contribution in [0.5, 0.6) is 0 Å². The van der Waals surface area contributed by atoms with Crippen LogP contribution >= 0.6 is 0 Å². The van der Waals surface area contributed by atoms with Crippen molar-refractivity contribution in [3.8, 4) is 0 Å². The average Bonchev–Trinajstić information content (AvgIpc) is 3.40. The molecule has 0 bridgehead atoms. The first kappa shape index (κ1) is 16.7. The summed E-state index contributed by atoms with van der Waals surface area (Å²) in [6.07, 6.45) is 0.840. The number of hydrogen-bond donors (Lipinski definition) is 0. The van der Waals surface area contributed by atoms with Crippen LogP contribution in [-0.2, 0) is 26.3 Å². The minimum Gasteiger partial charge on any atom is -0.463 e. The highest BCUT2D eigenvalue weighted by Crippen LogP contribution is 2.62. The molecule has 0 N–H and O–H groups in total. The summed E-state index contributed by atoms with van der Waals surface area (Å²) in [7, 11) is 0. The van der Waals surface area contributed by atoms with Crippen molar-refractivity contribution in [3.63, 3.8) is 0 Å². The van der Waals surface area contributed by atoms with Crippen molar-refractivity contribution in [1.29, 1.82) is 0 Å². The molecule has 1 heterocycles. The number of carbonyl (C=O) groups excluding carboxylic acids is 3. The number of ether oxygens (including phenoxy) is 2. The Labute approximate surface area is 150 Å². The molecule has 26 heavy (non-hydrogen) atoms. The fourth-order valence-corrected chi connectivity index (χ4v) is 3.75. The molecule has 1 aliphatic heterocycles. The molecule has 5 nitrogen and oxygen atoms in total. The molecule has 2 aromatic carbocycles. The van der Waals surface area contributed by atoms with Gasteiger partial charge < -0.3 is 9.47 Å². The zero-order valence-electron chi connectivity index (χ0n) is 14.6. The number of benzene rings is 2. The van der Waals surface area contributed by atoms with Gasteiger partial charge in [-0.15, -0.1) is 0 Å². The molecule has 0 unspecified atom stereocenters. The molecule has 0 amide bonds. The zero-order valence-corrected chi connectivity index (χ0v) is 14.6. The van der Waals surface area contributed by atoms with Crippen LogP contribution in [0.1, 0.15) is 45.7 Å². The van der Waals surface area contributed by atoms with Gasteiger partial charge >= 0.3 is 5.97 Å². The Morgan fingerprint density at radius 3 is 2.15 bits per heavy atom. The van der Waals surface area contributed by atoms with E-state index in [4.69, 9.17) is 9.47 Å². The summed E-state index contributed by atoms with van der Waals surface area (Å²) in [5, 5.41) is 0. The number of carbonyl (C=O) groups is 3. The molecule has 2 aliphatic rings. The minimum absolute atomic E-state index is 0.0952. The second-order valence-electron chi connectivity index (χ2n) is 6.44. The molecule has 1 aliphatic carbocycles. The second-order valence-corrected chi connectivity index (χ2v) is 6.44. The Balaban J connectivity index is 1.93. The topological polar surface area (TPSA) is 73.0 Å². The van der Waals surface area contributed by atoms with Gasteiger partial charge in [0, 0.05) is 11.1 Å². The average molecular weight is 350 g/mol. The lowest BCUT2D eigenvalue weighted by Crippen LogP contribution is -2.49. The van der Waals surface area contributed by atoms with Gasteiger partial charge in [0.2, 0.25) is 17.2 Å². The SMILES string of the molecule is CCOC(=O)[C@]12O[C@@]1(c1ccc(CC)cc1)C(=O)c1ccccc1C2=O. The van der Waals surface area contributed by atoms with Gasteiger partial charge in [-0.05, 0) is 24.5 Å². The van der Waals surface area contributed by atoms with E-state index >= 15 is 0 Å². The number of esters is 1. The highest BCUT2D eigenvalue weighted by Gasteiger charge is 2.86. The number of epoxide rings is 1. The summed E-state index contributed by atoms with van der Waals surface area (Å²) in [6, 6.07) is 13.7. The van der Waals surface area contributed by atoms with Gasteiger partial charge in [-0.2, -0.15) is 0 Å².